The standard InChI is InChI=1S/C30H19Br.C20H15BO2.C10H6BrI/c31-22-18-21-12-4-5-13-23(21)28(19-22)30-26-16-8-6-14-24(26)29(20-10-2-1-3-11-20)25-15-7-9-17-27(25)30;22-21(23)20-17-12-6-4-10-15(17)19(14-8-2-1-3-9-14)16-11-5-7-13-18(16)20;11-8-5-7-3-1-2-4-9(7)10(12)6-8/h1-19H;1-13,22-23H;1-6H/i1D,2D,3D,10D,11D;1D,2D,3D,8D,9D;. The molecule has 316 valence electrons. The van der Waals surface area contributed by atoms with Gasteiger partial charge in [0.1, 0.15) is 0 Å². The first kappa shape index (κ1) is 33.4. The molecule has 2 N–H and O–H groups in total. The van der Waals surface area contributed by atoms with E-state index in [4.69, 9.17) is 13.7 Å². The van der Waals surface area contributed by atoms with Gasteiger partial charge in [0.15, 0.2) is 0 Å². The lowest BCUT2D eigenvalue weighted by atomic mass is 9.72. The van der Waals surface area contributed by atoms with Crippen molar-refractivity contribution in [3.8, 4) is 33.4 Å². The van der Waals surface area contributed by atoms with Crippen molar-refractivity contribution in [3.63, 3.8) is 0 Å². The molecule has 0 aliphatic carbocycles. The van der Waals surface area contributed by atoms with Gasteiger partial charge in [-0.2, -0.15) is 0 Å². The van der Waals surface area contributed by atoms with Crippen LogP contribution in [0.15, 0.2) is 239 Å². The molecule has 66 heavy (non-hydrogen) atoms. The van der Waals surface area contributed by atoms with E-state index in [-0.39, 0.29) is 53.4 Å². The fraction of sp³-hybridized carbons (Fsp3) is 0. The first-order valence-electron chi connectivity index (χ1n) is 25.9. The molecule has 0 aliphatic rings. The molecule has 0 amide bonds. The SMILES string of the molecule is Brc1cc(I)c2ccccc2c1.[2H]c1c([2H])c([2H])c(-c2c3ccccc3c(-c3cc(Br)cc4ccccc34)c3ccccc23)c([2H])c1[2H].[2H]c1c([2H])c([2H])c(-c2c3ccccc3c(B(O)O)c3ccccc23)c([2H])c1[2H]. The van der Waals surface area contributed by atoms with Gasteiger partial charge in [0, 0.05) is 12.5 Å². The van der Waals surface area contributed by atoms with Crippen molar-refractivity contribution in [3.05, 3.63) is 243 Å². The second-order valence-electron chi connectivity index (χ2n) is 15.4. The second kappa shape index (κ2) is 19.4. The van der Waals surface area contributed by atoms with Gasteiger partial charge in [-0.1, -0.05) is 238 Å². The highest BCUT2D eigenvalue weighted by Gasteiger charge is 2.22. The van der Waals surface area contributed by atoms with E-state index in [9.17, 15) is 10.0 Å². The average Bonchev–Trinajstić information content (AvgIpc) is 3.44. The maximum atomic E-state index is 10.0. The van der Waals surface area contributed by atoms with Crippen molar-refractivity contribution in [2.45, 2.75) is 0 Å². The summed E-state index contributed by atoms with van der Waals surface area (Å²) in [5.74, 6) is 0. The minimum atomic E-state index is -1.72. The van der Waals surface area contributed by atoms with Gasteiger partial charge in [-0.3, -0.25) is 0 Å². The average molecular weight is 1100 g/mol. The summed E-state index contributed by atoms with van der Waals surface area (Å²) in [7, 11) is -1.72. The van der Waals surface area contributed by atoms with Crippen molar-refractivity contribution in [1.82, 2.24) is 0 Å². The first-order valence-corrected chi connectivity index (χ1v) is 23.6. The predicted octanol–water partition coefficient (Wildman–Crippen LogP) is 16.8. The minimum Gasteiger partial charge on any atom is -0.423 e. The maximum absolute atomic E-state index is 10.0. The van der Waals surface area contributed by atoms with Crippen molar-refractivity contribution in [2.75, 3.05) is 0 Å². The molecule has 0 atom stereocenters. The van der Waals surface area contributed by atoms with Crippen LogP contribution < -0.4 is 5.46 Å². The molecule has 0 bridgehead atoms. The molecule has 12 aromatic carbocycles. The summed E-state index contributed by atoms with van der Waals surface area (Å²) in [6.07, 6.45) is 0. The Balaban J connectivity index is 0.000000145. The van der Waals surface area contributed by atoms with Gasteiger partial charge in [-0.15, -0.1) is 0 Å². The van der Waals surface area contributed by atoms with Crippen LogP contribution in [-0.4, -0.2) is 17.2 Å². The van der Waals surface area contributed by atoms with Crippen molar-refractivity contribution in [2.24, 2.45) is 0 Å². The molecule has 0 aliphatic heterocycles. The Bertz CT molecular complexity index is 4180. The van der Waals surface area contributed by atoms with Crippen LogP contribution in [-0.2, 0) is 0 Å². The molecule has 2 nitrogen and oxygen atoms in total. The largest absolute Gasteiger partial charge is 0.489 e. The highest BCUT2D eigenvalue weighted by Crippen LogP contribution is 2.46. The Morgan fingerprint density at radius 3 is 1.15 bits per heavy atom. The minimum absolute atomic E-state index is 0.0948. The summed E-state index contributed by atoms with van der Waals surface area (Å²) in [4.78, 5) is 0. The molecular weight excluding hydrogens is 1050 g/mol. The van der Waals surface area contributed by atoms with Crippen molar-refractivity contribution < 1.29 is 23.8 Å². The van der Waals surface area contributed by atoms with Gasteiger partial charge in [-0.05, 0) is 150 Å². The van der Waals surface area contributed by atoms with Crippen molar-refractivity contribution in [1.29, 1.82) is 0 Å². The molecule has 12 aromatic rings. The first-order chi connectivity index (χ1) is 36.5. The Morgan fingerprint density at radius 2 is 0.712 bits per heavy atom. The van der Waals surface area contributed by atoms with Crippen LogP contribution in [0.2, 0.25) is 0 Å². The lowest BCUT2D eigenvalue weighted by molar-refractivity contribution is 0.426. The summed E-state index contributed by atoms with van der Waals surface area (Å²) in [5, 5.41) is 30.7. The molecule has 0 fully saturated rings. The zero-order valence-electron chi connectivity index (χ0n) is 44.8. The summed E-state index contributed by atoms with van der Waals surface area (Å²) >= 11 is 9.52. The number of benzene rings is 12. The summed E-state index contributed by atoms with van der Waals surface area (Å²) in [5.41, 5.74) is 3.89. The van der Waals surface area contributed by atoms with Crippen LogP contribution in [0.5, 0.6) is 0 Å². The van der Waals surface area contributed by atoms with E-state index < -0.39 is 25.2 Å². The zero-order valence-corrected chi connectivity index (χ0v) is 40.1. The Kier molecular flexibility index (Phi) is 9.80. The monoisotopic (exact) mass is 1100 g/mol. The van der Waals surface area contributed by atoms with Crippen LogP contribution in [0.4, 0.5) is 0 Å². The van der Waals surface area contributed by atoms with E-state index >= 15 is 0 Å². The van der Waals surface area contributed by atoms with E-state index in [0.717, 1.165) is 52.4 Å². The molecule has 0 spiro atoms. The molecule has 0 saturated carbocycles. The number of halogens is 3. The van der Waals surface area contributed by atoms with Crippen LogP contribution in [0.25, 0.3) is 98.0 Å². The molecule has 0 heterocycles. The van der Waals surface area contributed by atoms with Gasteiger partial charge in [-0.25, -0.2) is 0 Å². The van der Waals surface area contributed by atoms with E-state index in [1.807, 2.05) is 60.7 Å². The third-order valence-corrected chi connectivity index (χ3v) is 13.3. The smallest absolute Gasteiger partial charge is 0.423 e. The third kappa shape index (κ3) is 8.56. The molecule has 0 aromatic heterocycles. The summed E-state index contributed by atoms with van der Waals surface area (Å²) < 4.78 is 86.1. The van der Waals surface area contributed by atoms with Crippen LogP contribution in [0, 0.1) is 3.57 Å². The normalized spacial score (nSPS) is 13.2. The third-order valence-electron chi connectivity index (χ3n) is 11.5. The second-order valence-corrected chi connectivity index (χ2v) is 18.4. The van der Waals surface area contributed by atoms with Crippen LogP contribution in [0.1, 0.15) is 13.7 Å². The van der Waals surface area contributed by atoms with Gasteiger partial charge in [0.25, 0.3) is 0 Å². The Morgan fingerprint density at radius 1 is 0.379 bits per heavy atom. The van der Waals surface area contributed by atoms with E-state index in [0.29, 0.717) is 38.1 Å². The quantitative estimate of drug-likeness (QED) is 0.105. The lowest BCUT2D eigenvalue weighted by Gasteiger charge is -2.19. The van der Waals surface area contributed by atoms with Gasteiger partial charge < -0.3 is 10.0 Å². The maximum Gasteiger partial charge on any atom is 0.489 e. The number of hydrogen-bond donors (Lipinski definition) is 2. The van der Waals surface area contributed by atoms with E-state index in [2.05, 4.69) is 115 Å². The number of hydrogen-bond acceptors (Lipinski definition) is 2. The lowest BCUT2D eigenvalue weighted by Crippen LogP contribution is -2.31. The number of rotatable bonds is 4. The zero-order chi connectivity index (χ0) is 53.9. The Labute approximate surface area is 428 Å². The van der Waals surface area contributed by atoms with Gasteiger partial charge >= 0.3 is 7.12 Å². The fourth-order valence-electron chi connectivity index (χ4n) is 8.86. The molecule has 6 heteroatoms. The molecule has 0 saturated heterocycles. The van der Waals surface area contributed by atoms with Gasteiger partial charge in [0.05, 0.1) is 13.7 Å². The predicted molar refractivity (Wildman–Crippen MR) is 299 cm³/mol. The molecule has 0 unspecified atom stereocenters. The molecule has 0 radical (unpaired) electrons. The Hall–Kier alpha value is -6.13. The highest BCUT2D eigenvalue weighted by atomic mass is 127. The highest BCUT2D eigenvalue weighted by molar-refractivity contribution is 14.1. The number of fused-ring (bicyclic) bond motifs is 6. The van der Waals surface area contributed by atoms with Crippen molar-refractivity contribution >= 4 is 132 Å². The molecular formula is C60H40BBr2IO2. The topological polar surface area (TPSA) is 40.5 Å². The fourth-order valence-corrected chi connectivity index (χ4v) is 11.1. The van der Waals surface area contributed by atoms with E-state index in [1.54, 1.807) is 48.5 Å². The van der Waals surface area contributed by atoms with E-state index in [1.165, 1.54) is 14.3 Å². The summed E-state index contributed by atoms with van der Waals surface area (Å²) in [6, 6.07) is 51.7. The van der Waals surface area contributed by atoms with Crippen LogP contribution >= 0.6 is 54.5 Å². The summed E-state index contributed by atoms with van der Waals surface area (Å²) in [6.45, 7) is 0. The molecule has 12 rings (SSSR count). The van der Waals surface area contributed by atoms with Gasteiger partial charge in [0.2, 0.25) is 0 Å². The van der Waals surface area contributed by atoms with Crippen LogP contribution in [0.3, 0.4) is 0 Å².